The van der Waals surface area contributed by atoms with Crippen molar-refractivity contribution < 1.29 is 5.11 Å². The van der Waals surface area contributed by atoms with Gasteiger partial charge in [0.1, 0.15) is 0 Å². The van der Waals surface area contributed by atoms with Gasteiger partial charge in [-0.3, -0.25) is 4.90 Å². The first-order valence-electron chi connectivity index (χ1n) is 7.29. The molecule has 1 saturated heterocycles. The van der Waals surface area contributed by atoms with Crippen molar-refractivity contribution in [1.82, 2.24) is 9.80 Å². The fourth-order valence-corrected chi connectivity index (χ4v) is 2.68. The Labute approximate surface area is 112 Å². The number of hydrogen-bond donors (Lipinski definition) is 2. The molecule has 0 spiro atoms. The van der Waals surface area contributed by atoms with Crippen molar-refractivity contribution in [2.75, 3.05) is 39.8 Å². The maximum atomic E-state index is 9.85. The number of rotatable bonds is 6. The Kier molecular flexibility index (Phi) is 6.57. The van der Waals surface area contributed by atoms with E-state index in [2.05, 4.69) is 23.8 Å². The number of likely N-dealkylation sites (N-methyl/N-ethyl adjacent to an activating group) is 1. The molecule has 0 radical (unpaired) electrons. The first kappa shape index (κ1) is 15.9. The first-order chi connectivity index (χ1) is 8.44. The van der Waals surface area contributed by atoms with Gasteiger partial charge < -0.3 is 15.7 Å². The molecule has 1 rings (SSSR count). The highest BCUT2D eigenvalue weighted by molar-refractivity contribution is 4.76. The van der Waals surface area contributed by atoms with Crippen LogP contribution in [0.2, 0.25) is 0 Å². The molecule has 108 valence electrons. The van der Waals surface area contributed by atoms with Gasteiger partial charge in [-0.15, -0.1) is 0 Å². The standard InChI is InChI=1S/C14H31N3O/c1-13-11-16(3)8-6-10-17(13)9-5-4-7-14(2,18)12-15/h13,18H,4-12,15H2,1-3H3. The summed E-state index contributed by atoms with van der Waals surface area (Å²) in [4.78, 5) is 5.00. The number of aliphatic hydroxyl groups is 1. The minimum Gasteiger partial charge on any atom is -0.389 e. The van der Waals surface area contributed by atoms with Crippen LogP contribution in [0.1, 0.15) is 39.5 Å². The summed E-state index contributed by atoms with van der Waals surface area (Å²) in [5.41, 5.74) is 4.85. The largest absolute Gasteiger partial charge is 0.389 e. The molecule has 0 aliphatic carbocycles. The lowest BCUT2D eigenvalue weighted by atomic mass is 9.99. The van der Waals surface area contributed by atoms with E-state index in [0.717, 1.165) is 25.8 Å². The second kappa shape index (κ2) is 7.43. The zero-order valence-corrected chi connectivity index (χ0v) is 12.4. The van der Waals surface area contributed by atoms with Crippen molar-refractivity contribution in [3.8, 4) is 0 Å². The van der Waals surface area contributed by atoms with Crippen LogP contribution in [0, 0.1) is 0 Å². The van der Waals surface area contributed by atoms with E-state index in [0.29, 0.717) is 12.6 Å². The molecule has 2 unspecified atom stereocenters. The van der Waals surface area contributed by atoms with Crippen LogP contribution in [0.3, 0.4) is 0 Å². The highest BCUT2D eigenvalue weighted by atomic mass is 16.3. The van der Waals surface area contributed by atoms with Crippen molar-refractivity contribution in [2.24, 2.45) is 5.73 Å². The zero-order chi connectivity index (χ0) is 13.6. The highest BCUT2D eigenvalue weighted by Crippen LogP contribution is 2.14. The lowest BCUT2D eigenvalue weighted by molar-refractivity contribution is 0.0559. The minimum absolute atomic E-state index is 0.359. The fourth-order valence-electron chi connectivity index (χ4n) is 2.68. The second-order valence-corrected chi connectivity index (χ2v) is 6.16. The summed E-state index contributed by atoms with van der Waals surface area (Å²) >= 11 is 0. The quantitative estimate of drug-likeness (QED) is 0.694. The Morgan fingerprint density at radius 3 is 2.72 bits per heavy atom. The Bertz CT molecular complexity index is 233. The Hall–Kier alpha value is -0.160. The molecule has 0 aromatic heterocycles. The topological polar surface area (TPSA) is 52.7 Å². The van der Waals surface area contributed by atoms with E-state index in [1.807, 2.05) is 6.92 Å². The minimum atomic E-state index is -0.676. The van der Waals surface area contributed by atoms with E-state index in [-0.39, 0.29) is 0 Å². The molecule has 1 heterocycles. The molecule has 0 aromatic rings. The molecule has 4 heteroatoms. The van der Waals surface area contributed by atoms with Crippen molar-refractivity contribution >= 4 is 0 Å². The van der Waals surface area contributed by atoms with Gasteiger partial charge in [0.05, 0.1) is 5.60 Å². The average Bonchev–Trinajstić information content (AvgIpc) is 2.46. The highest BCUT2D eigenvalue weighted by Gasteiger charge is 2.20. The average molecular weight is 257 g/mol. The molecule has 2 atom stereocenters. The van der Waals surface area contributed by atoms with E-state index in [4.69, 9.17) is 5.73 Å². The van der Waals surface area contributed by atoms with Crippen molar-refractivity contribution in [3.05, 3.63) is 0 Å². The molecule has 3 N–H and O–H groups in total. The smallest absolute Gasteiger partial charge is 0.0741 e. The maximum Gasteiger partial charge on any atom is 0.0741 e. The van der Waals surface area contributed by atoms with E-state index in [1.165, 1.54) is 26.1 Å². The molecule has 0 amide bonds. The van der Waals surface area contributed by atoms with Crippen LogP contribution in [0.15, 0.2) is 0 Å². The first-order valence-corrected chi connectivity index (χ1v) is 7.29. The second-order valence-electron chi connectivity index (χ2n) is 6.16. The summed E-state index contributed by atoms with van der Waals surface area (Å²) in [6, 6.07) is 0.646. The van der Waals surface area contributed by atoms with Gasteiger partial charge >= 0.3 is 0 Å². The van der Waals surface area contributed by atoms with E-state index < -0.39 is 5.60 Å². The Morgan fingerprint density at radius 2 is 2.06 bits per heavy atom. The summed E-state index contributed by atoms with van der Waals surface area (Å²) in [5, 5.41) is 9.85. The summed E-state index contributed by atoms with van der Waals surface area (Å²) < 4.78 is 0. The fraction of sp³-hybridized carbons (Fsp3) is 1.00. The number of nitrogens with zero attached hydrogens (tertiary/aromatic N) is 2. The SMILES string of the molecule is CC1CN(C)CCCN1CCCCC(C)(O)CN. The van der Waals surface area contributed by atoms with Gasteiger partial charge in [-0.2, -0.15) is 0 Å². The molecule has 0 saturated carbocycles. The van der Waals surface area contributed by atoms with E-state index in [1.54, 1.807) is 0 Å². The molecule has 1 aliphatic rings. The monoisotopic (exact) mass is 257 g/mol. The molecule has 18 heavy (non-hydrogen) atoms. The van der Waals surface area contributed by atoms with Crippen LogP contribution in [-0.2, 0) is 0 Å². The zero-order valence-electron chi connectivity index (χ0n) is 12.4. The van der Waals surface area contributed by atoms with Gasteiger partial charge in [-0.05, 0) is 66.2 Å². The molecule has 4 nitrogen and oxygen atoms in total. The normalized spacial score (nSPS) is 26.8. The Morgan fingerprint density at radius 1 is 1.33 bits per heavy atom. The van der Waals surface area contributed by atoms with Crippen LogP contribution in [0.25, 0.3) is 0 Å². The number of unbranched alkanes of at least 4 members (excludes halogenated alkanes) is 1. The van der Waals surface area contributed by atoms with Gasteiger partial charge in [0.15, 0.2) is 0 Å². The molecular formula is C14H31N3O. The van der Waals surface area contributed by atoms with E-state index in [9.17, 15) is 5.11 Å². The van der Waals surface area contributed by atoms with Crippen LogP contribution in [0.4, 0.5) is 0 Å². The summed E-state index contributed by atoms with van der Waals surface area (Å²) in [7, 11) is 2.21. The molecule has 0 bridgehead atoms. The van der Waals surface area contributed by atoms with Gasteiger partial charge in [-0.1, -0.05) is 0 Å². The van der Waals surface area contributed by atoms with Gasteiger partial charge in [-0.25, -0.2) is 0 Å². The third-order valence-electron chi connectivity index (χ3n) is 4.03. The van der Waals surface area contributed by atoms with Gasteiger partial charge in [0.2, 0.25) is 0 Å². The van der Waals surface area contributed by atoms with Gasteiger partial charge in [0.25, 0.3) is 0 Å². The third kappa shape index (κ3) is 5.65. The lowest BCUT2D eigenvalue weighted by Crippen LogP contribution is -2.38. The maximum absolute atomic E-state index is 9.85. The number of hydrogen-bond acceptors (Lipinski definition) is 4. The number of nitrogens with two attached hydrogens (primary N) is 1. The third-order valence-corrected chi connectivity index (χ3v) is 4.03. The van der Waals surface area contributed by atoms with Gasteiger partial charge in [0, 0.05) is 19.1 Å². The van der Waals surface area contributed by atoms with E-state index >= 15 is 0 Å². The predicted octanol–water partition coefficient (Wildman–Crippen LogP) is 0.892. The summed E-state index contributed by atoms with van der Waals surface area (Å²) in [6.45, 7) is 9.24. The molecule has 0 aromatic carbocycles. The summed E-state index contributed by atoms with van der Waals surface area (Å²) in [6.07, 6.45) is 4.29. The van der Waals surface area contributed by atoms with Crippen LogP contribution < -0.4 is 5.73 Å². The Balaban J connectivity index is 2.22. The molecular weight excluding hydrogens is 226 g/mol. The van der Waals surface area contributed by atoms with Crippen LogP contribution >= 0.6 is 0 Å². The molecule has 1 fully saturated rings. The van der Waals surface area contributed by atoms with Crippen molar-refractivity contribution in [1.29, 1.82) is 0 Å². The van der Waals surface area contributed by atoms with Crippen molar-refractivity contribution in [2.45, 2.75) is 51.2 Å². The lowest BCUT2D eigenvalue weighted by Gasteiger charge is -2.28. The molecule has 1 aliphatic heterocycles. The summed E-state index contributed by atoms with van der Waals surface area (Å²) in [5.74, 6) is 0. The van der Waals surface area contributed by atoms with Crippen LogP contribution in [0.5, 0.6) is 0 Å². The predicted molar refractivity (Wildman–Crippen MR) is 76.7 cm³/mol. The van der Waals surface area contributed by atoms with Crippen LogP contribution in [-0.4, -0.2) is 66.3 Å². The van der Waals surface area contributed by atoms with Crippen molar-refractivity contribution in [3.63, 3.8) is 0 Å².